The molecule has 0 heteroatoms. The van der Waals surface area contributed by atoms with E-state index in [2.05, 4.69) is 63.2 Å². The number of hydrogen-bond acceptors (Lipinski definition) is 0. The largest absolute Gasteiger partial charge is 0.0622 e. The SMILES string of the molecule is Cc1ccc(-c2ccccc2)c([C@@H]2[C@@H]3CCCC[C@@H]3C[C@@H]2C)c1C. The second-order valence-electron chi connectivity index (χ2n) is 8.28. The topological polar surface area (TPSA) is 0 Å². The molecule has 2 aromatic carbocycles. The van der Waals surface area contributed by atoms with E-state index in [9.17, 15) is 0 Å². The Hall–Kier alpha value is -1.56. The van der Waals surface area contributed by atoms with Crippen molar-refractivity contribution in [3.8, 4) is 11.1 Å². The van der Waals surface area contributed by atoms with E-state index in [0.29, 0.717) is 0 Å². The fraction of sp³-hybridized carbons (Fsp3) is 0.500. The van der Waals surface area contributed by atoms with Gasteiger partial charge >= 0.3 is 0 Å². The van der Waals surface area contributed by atoms with Crippen LogP contribution < -0.4 is 0 Å². The Balaban J connectivity index is 1.86. The molecule has 0 unspecified atom stereocenters. The molecule has 0 aromatic heterocycles. The van der Waals surface area contributed by atoms with E-state index < -0.39 is 0 Å². The van der Waals surface area contributed by atoms with Crippen molar-refractivity contribution in [1.82, 2.24) is 0 Å². The summed E-state index contributed by atoms with van der Waals surface area (Å²) in [7, 11) is 0. The number of hydrogen-bond donors (Lipinski definition) is 0. The van der Waals surface area contributed by atoms with Crippen LogP contribution in [0, 0.1) is 31.6 Å². The molecule has 0 amide bonds. The highest BCUT2D eigenvalue weighted by Crippen LogP contribution is 2.55. The zero-order valence-corrected chi connectivity index (χ0v) is 15.4. The standard InChI is InChI=1S/C24H30/c1-16-13-14-22(19-9-5-4-6-10-19)24(18(16)3)23-17(2)15-20-11-7-8-12-21(20)23/h4-6,9-10,13-14,17,20-21,23H,7-8,11-12,15H2,1-3H3/t17-,20+,21+,23-/m0/s1. The van der Waals surface area contributed by atoms with E-state index in [1.807, 2.05) is 0 Å². The summed E-state index contributed by atoms with van der Waals surface area (Å²) in [6, 6.07) is 15.7. The number of aryl methyl sites for hydroxylation is 1. The van der Waals surface area contributed by atoms with E-state index in [4.69, 9.17) is 0 Å². The Morgan fingerprint density at radius 2 is 1.62 bits per heavy atom. The second kappa shape index (κ2) is 6.39. The summed E-state index contributed by atoms with van der Waals surface area (Å²) >= 11 is 0. The van der Waals surface area contributed by atoms with Gasteiger partial charge in [0.1, 0.15) is 0 Å². The number of benzene rings is 2. The zero-order valence-electron chi connectivity index (χ0n) is 15.4. The van der Waals surface area contributed by atoms with Crippen LogP contribution in [0.25, 0.3) is 11.1 Å². The highest BCUT2D eigenvalue weighted by atomic mass is 14.5. The van der Waals surface area contributed by atoms with Crippen LogP contribution >= 0.6 is 0 Å². The van der Waals surface area contributed by atoms with Crippen molar-refractivity contribution < 1.29 is 0 Å². The predicted molar refractivity (Wildman–Crippen MR) is 103 cm³/mol. The van der Waals surface area contributed by atoms with Crippen molar-refractivity contribution in [3.63, 3.8) is 0 Å². The van der Waals surface area contributed by atoms with Crippen LogP contribution in [0.15, 0.2) is 42.5 Å². The van der Waals surface area contributed by atoms with Crippen molar-refractivity contribution in [2.75, 3.05) is 0 Å². The molecule has 2 aromatic rings. The zero-order chi connectivity index (χ0) is 16.7. The minimum atomic E-state index is 0.755. The maximum atomic E-state index is 2.51. The van der Waals surface area contributed by atoms with E-state index >= 15 is 0 Å². The van der Waals surface area contributed by atoms with Crippen LogP contribution in [-0.2, 0) is 0 Å². The summed E-state index contributed by atoms with van der Waals surface area (Å²) in [4.78, 5) is 0. The molecule has 4 rings (SSSR count). The van der Waals surface area contributed by atoms with Gasteiger partial charge in [0.05, 0.1) is 0 Å². The van der Waals surface area contributed by atoms with Gasteiger partial charge in [0, 0.05) is 0 Å². The number of fused-ring (bicyclic) bond motifs is 1. The average molecular weight is 319 g/mol. The lowest BCUT2D eigenvalue weighted by Gasteiger charge is -2.33. The van der Waals surface area contributed by atoms with Gasteiger partial charge in [-0.15, -0.1) is 0 Å². The third-order valence-corrected chi connectivity index (χ3v) is 6.92. The molecule has 126 valence electrons. The Morgan fingerprint density at radius 1 is 0.875 bits per heavy atom. The van der Waals surface area contributed by atoms with Gasteiger partial charge in [-0.05, 0) is 78.2 Å². The minimum Gasteiger partial charge on any atom is -0.0622 e. The number of rotatable bonds is 2. The maximum absolute atomic E-state index is 2.51. The summed E-state index contributed by atoms with van der Waals surface area (Å²) in [5, 5.41) is 0. The molecule has 0 saturated heterocycles. The molecule has 0 bridgehead atoms. The second-order valence-corrected chi connectivity index (χ2v) is 8.28. The Labute approximate surface area is 147 Å². The quantitative estimate of drug-likeness (QED) is 0.565. The Morgan fingerprint density at radius 3 is 2.42 bits per heavy atom. The third kappa shape index (κ3) is 2.61. The third-order valence-electron chi connectivity index (χ3n) is 6.92. The van der Waals surface area contributed by atoms with Gasteiger partial charge in [0.25, 0.3) is 0 Å². The Bertz CT molecular complexity index is 712. The molecule has 0 N–H and O–H groups in total. The van der Waals surface area contributed by atoms with Gasteiger partial charge in [0.15, 0.2) is 0 Å². The summed E-state index contributed by atoms with van der Waals surface area (Å²) < 4.78 is 0. The molecule has 24 heavy (non-hydrogen) atoms. The molecule has 4 atom stereocenters. The van der Waals surface area contributed by atoms with Crippen molar-refractivity contribution in [2.24, 2.45) is 17.8 Å². The molecular formula is C24H30. The smallest absolute Gasteiger partial charge is 0.00963 e. The van der Waals surface area contributed by atoms with Crippen molar-refractivity contribution >= 4 is 0 Å². The first-order valence-corrected chi connectivity index (χ1v) is 9.82. The van der Waals surface area contributed by atoms with Crippen LogP contribution in [0.3, 0.4) is 0 Å². The first-order valence-electron chi connectivity index (χ1n) is 9.82. The highest BCUT2D eigenvalue weighted by Gasteiger charge is 2.43. The van der Waals surface area contributed by atoms with Gasteiger partial charge < -0.3 is 0 Å². The van der Waals surface area contributed by atoms with E-state index in [1.165, 1.54) is 48.8 Å². The van der Waals surface area contributed by atoms with Crippen molar-refractivity contribution in [2.45, 2.75) is 58.8 Å². The summed E-state index contributed by atoms with van der Waals surface area (Å²) in [5.41, 5.74) is 7.54. The first-order chi connectivity index (χ1) is 11.7. The van der Waals surface area contributed by atoms with E-state index in [1.54, 1.807) is 11.1 Å². The molecule has 2 aliphatic rings. The van der Waals surface area contributed by atoms with E-state index in [-0.39, 0.29) is 0 Å². The molecule has 0 aliphatic heterocycles. The Kier molecular flexibility index (Phi) is 4.24. The fourth-order valence-corrected chi connectivity index (χ4v) is 5.68. The normalized spacial score (nSPS) is 29.5. The minimum absolute atomic E-state index is 0.755. The fourth-order valence-electron chi connectivity index (χ4n) is 5.68. The van der Waals surface area contributed by atoms with E-state index in [0.717, 1.165) is 23.7 Å². The summed E-state index contributed by atoms with van der Waals surface area (Å²) in [6.45, 7) is 7.16. The lowest BCUT2D eigenvalue weighted by atomic mass is 9.72. The molecule has 0 radical (unpaired) electrons. The van der Waals surface area contributed by atoms with Gasteiger partial charge in [-0.3, -0.25) is 0 Å². The van der Waals surface area contributed by atoms with Gasteiger partial charge in [-0.25, -0.2) is 0 Å². The average Bonchev–Trinajstić information content (AvgIpc) is 2.94. The maximum Gasteiger partial charge on any atom is -0.00963 e. The van der Waals surface area contributed by atoms with Crippen LogP contribution in [0.1, 0.15) is 61.6 Å². The van der Waals surface area contributed by atoms with Crippen molar-refractivity contribution in [3.05, 3.63) is 59.2 Å². The van der Waals surface area contributed by atoms with Crippen LogP contribution in [0.4, 0.5) is 0 Å². The first kappa shape index (κ1) is 15.9. The van der Waals surface area contributed by atoms with Crippen LogP contribution in [0.5, 0.6) is 0 Å². The van der Waals surface area contributed by atoms with Crippen molar-refractivity contribution in [1.29, 1.82) is 0 Å². The summed E-state index contributed by atoms with van der Waals surface area (Å²) in [6.07, 6.45) is 7.25. The molecule has 2 fully saturated rings. The molecule has 2 saturated carbocycles. The predicted octanol–water partition coefficient (Wildman–Crippen LogP) is 6.90. The molecule has 0 nitrogen and oxygen atoms in total. The lowest BCUT2D eigenvalue weighted by Crippen LogP contribution is -2.20. The van der Waals surface area contributed by atoms with Gasteiger partial charge in [-0.1, -0.05) is 68.7 Å². The molecular weight excluding hydrogens is 288 g/mol. The monoisotopic (exact) mass is 318 g/mol. The van der Waals surface area contributed by atoms with Gasteiger partial charge in [-0.2, -0.15) is 0 Å². The van der Waals surface area contributed by atoms with Crippen LogP contribution in [0.2, 0.25) is 0 Å². The van der Waals surface area contributed by atoms with Crippen LogP contribution in [-0.4, -0.2) is 0 Å². The highest BCUT2D eigenvalue weighted by molar-refractivity contribution is 5.70. The summed E-state index contributed by atoms with van der Waals surface area (Å²) in [5.74, 6) is 3.46. The lowest BCUT2D eigenvalue weighted by molar-refractivity contribution is 0.258. The molecule has 0 heterocycles. The molecule has 2 aliphatic carbocycles. The molecule has 0 spiro atoms. The van der Waals surface area contributed by atoms with Gasteiger partial charge in [0.2, 0.25) is 0 Å².